The van der Waals surface area contributed by atoms with Gasteiger partial charge in [-0.15, -0.1) is 11.3 Å². The summed E-state index contributed by atoms with van der Waals surface area (Å²) in [5.41, 5.74) is 1.58. The summed E-state index contributed by atoms with van der Waals surface area (Å²) < 4.78 is 7.01. The van der Waals surface area contributed by atoms with Crippen LogP contribution in [0.25, 0.3) is 0 Å². The lowest BCUT2D eigenvalue weighted by molar-refractivity contribution is 0.0703. The molecule has 2 heterocycles. The first kappa shape index (κ1) is 22.9. The molecule has 1 aliphatic rings. The van der Waals surface area contributed by atoms with Gasteiger partial charge in [-0.25, -0.2) is 4.79 Å². The van der Waals surface area contributed by atoms with Gasteiger partial charge in [0.05, 0.1) is 22.4 Å². The van der Waals surface area contributed by atoms with Crippen molar-refractivity contribution in [2.75, 3.05) is 5.32 Å². The zero-order valence-corrected chi connectivity index (χ0v) is 20.5. The molecular formula is C23H27IN2O3S. The van der Waals surface area contributed by atoms with E-state index < -0.39 is 5.97 Å². The Hall–Kier alpha value is -1.79. The molecule has 2 aromatic rings. The third-order valence-corrected chi connectivity index (χ3v) is 6.57. The van der Waals surface area contributed by atoms with Crippen molar-refractivity contribution in [1.82, 2.24) is 4.98 Å². The summed E-state index contributed by atoms with van der Waals surface area (Å²) in [6, 6.07) is 6.02. The first-order valence-electron chi connectivity index (χ1n) is 10.1. The van der Waals surface area contributed by atoms with Crippen LogP contribution < -0.4 is 10.1 Å². The van der Waals surface area contributed by atoms with E-state index in [0.29, 0.717) is 10.6 Å². The molecule has 2 aromatic heterocycles. The number of carboxylic acids is 1. The van der Waals surface area contributed by atoms with Gasteiger partial charge in [-0.3, -0.25) is 4.98 Å². The van der Waals surface area contributed by atoms with Gasteiger partial charge in [0.15, 0.2) is 0 Å². The molecule has 0 bridgehead atoms. The number of anilines is 1. The molecule has 0 atom stereocenters. The number of thiophene rings is 1. The van der Waals surface area contributed by atoms with Gasteiger partial charge in [0.2, 0.25) is 0 Å². The minimum absolute atomic E-state index is 0.119. The van der Waals surface area contributed by atoms with E-state index >= 15 is 0 Å². The number of nitrogens with zero attached hydrogens (tertiary/aromatic N) is 1. The lowest BCUT2D eigenvalue weighted by Crippen LogP contribution is -2.31. The van der Waals surface area contributed by atoms with Gasteiger partial charge in [0.25, 0.3) is 0 Å². The average Bonchev–Trinajstić information content (AvgIpc) is 3.11. The Bertz CT molecular complexity index is 947. The molecule has 0 aromatic carbocycles. The predicted octanol–water partition coefficient (Wildman–Crippen LogP) is 5.98. The zero-order valence-electron chi connectivity index (χ0n) is 17.5. The van der Waals surface area contributed by atoms with Crippen LogP contribution in [0, 0.1) is 17.3 Å². The van der Waals surface area contributed by atoms with Crippen LogP contribution in [0.1, 0.15) is 66.7 Å². The zero-order chi connectivity index (χ0) is 21.7. The monoisotopic (exact) mass is 538 g/mol. The Kier molecular flexibility index (Phi) is 7.64. The number of aromatic carboxylic acids is 1. The van der Waals surface area contributed by atoms with Crippen LogP contribution in [0.5, 0.6) is 5.75 Å². The smallest absolute Gasteiger partial charge is 0.348 e. The largest absolute Gasteiger partial charge is 0.490 e. The van der Waals surface area contributed by atoms with Crippen molar-refractivity contribution in [3.8, 4) is 17.6 Å². The van der Waals surface area contributed by atoms with Crippen LogP contribution in [-0.2, 0) is 4.43 Å². The number of carbonyl (C=O) groups is 1. The van der Waals surface area contributed by atoms with Crippen LogP contribution in [0.15, 0.2) is 24.4 Å². The van der Waals surface area contributed by atoms with Crippen molar-refractivity contribution >= 4 is 45.6 Å². The second-order valence-corrected chi connectivity index (χ2v) is 10.3. The highest BCUT2D eigenvalue weighted by Crippen LogP contribution is 2.31. The molecule has 0 saturated heterocycles. The quantitative estimate of drug-likeness (QED) is 0.269. The van der Waals surface area contributed by atoms with E-state index in [-0.39, 0.29) is 17.6 Å². The number of ether oxygens (including phenoxy) is 1. The first-order chi connectivity index (χ1) is 14.2. The minimum atomic E-state index is -0.910. The molecule has 0 radical (unpaired) electrons. The number of pyridine rings is 1. The molecule has 30 heavy (non-hydrogen) atoms. The van der Waals surface area contributed by atoms with Crippen LogP contribution >= 0.6 is 33.9 Å². The molecule has 5 nitrogen and oxygen atoms in total. The summed E-state index contributed by atoms with van der Waals surface area (Å²) >= 11 is 3.53. The Balaban J connectivity index is 1.60. The summed E-state index contributed by atoms with van der Waals surface area (Å²) in [4.78, 5) is 17.1. The van der Waals surface area contributed by atoms with Crippen LogP contribution in [0.3, 0.4) is 0 Å². The molecule has 7 heteroatoms. The molecule has 0 aliphatic heterocycles. The van der Waals surface area contributed by atoms with Crippen LogP contribution in [0.2, 0.25) is 0 Å². The standard InChI is InChI=1S/C23H27IN2O3S/c1-23(2,3)10-8-19-13-20(21(30-19)22(27)28)26-15-4-6-17(7-5-15)29-18-9-11-25-16(12-18)14-24/h9,11-13,15,17,26H,4-7,14H2,1-3H3,(H,27,28). The summed E-state index contributed by atoms with van der Waals surface area (Å²) in [5, 5.41) is 13.0. The Labute approximate surface area is 195 Å². The molecular weight excluding hydrogens is 511 g/mol. The lowest BCUT2D eigenvalue weighted by atomic mass is 9.92. The van der Waals surface area contributed by atoms with Crippen molar-refractivity contribution in [2.45, 2.75) is 63.0 Å². The Morgan fingerprint density at radius 2 is 2.07 bits per heavy atom. The molecule has 160 valence electrons. The highest BCUT2D eigenvalue weighted by Gasteiger charge is 2.25. The third kappa shape index (κ3) is 6.61. The topological polar surface area (TPSA) is 71.5 Å². The first-order valence-corrected chi connectivity index (χ1v) is 12.4. The second kappa shape index (κ2) is 10.0. The summed E-state index contributed by atoms with van der Waals surface area (Å²) in [6.45, 7) is 6.13. The molecule has 0 amide bonds. The van der Waals surface area contributed by atoms with Crippen LogP contribution in [-0.4, -0.2) is 28.2 Å². The van der Waals surface area contributed by atoms with E-state index in [1.165, 1.54) is 11.3 Å². The number of carboxylic acid groups (broad SMARTS) is 1. The maximum atomic E-state index is 11.7. The second-order valence-electron chi connectivity index (χ2n) is 8.51. The molecule has 2 N–H and O–H groups in total. The van der Waals surface area contributed by atoms with E-state index in [4.69, 9.17) is 4.74 Å². The van der Waals surface area contributed by atoms with E-state index in [9.17, 15) is 9.90 Å². The van der Waals surface area contributed by atoms with Crippen LogP contribution in [0.4, 0.5) is 5.69 Å². The minimum Gasteiger partial charge on any atom is -0.490 e. The van der Waals surface area contributed by atoms with Gasteiger partial charge >= 0.3 is 5.97 Å². The lowest BCUT2D eigenvalue weighted by Gasteiger charge is -2.30. The van der Waals surface area contributed by atoms with E-state index in [1.807, 2.05) is 39.0 Å². The van der Waals surface area contributed by atoms with Gasteiger partial charge < -0.3 is 15.2 Å². The van der Waals surface area contributed by atoms with Crippen molar-refractivity contribution in [2.24, 2.45) is 5.41 Å². The number of nitrogens with one attached hydrogen (secondary N) is 1. The van der Waals surface area contributed by atoms with Crippen molar-refractivity contribution < 1.29 is 14.6 Å². The normalized spacial score (nSPS) is 18.9. The highest BCUT2D eigenvalue weighted by atomic mass is 127. The van der Waals surface area contributed by atoms with Gasteiger partial charge in [-0.1, -0.05) is 34.4 Å². The molecule has 1 fully saturated rings. The van der Waals surface area contributed by atoms with E-state index in [2.05, 4.69) is 44.7 Å². The number of rotatable bonds is 6. The van der Waals surface area contributed by atoms with Gasteiger partial charge in [-0.2, -0.15) is 0 Å². The van der Waals surface area contributed by atoms with Crippen molar-refractivity contribution in [3.05, 3.63) is 39.8 Å². The highest BCUT2D eigenvalue weighted by molar-refractivity contribution is 14.1. The fourth-order valence-corrected chi connectivity index (χ4v) is 4.54. The SMILES string of the molecule is CC(C)(C)C#Cc1cc(NC2CCC(Oc3ccnc(CI)c3)CC2)c(C(=O)O)s1. The molecule has 0 spiro atoms. The number of alkyl halides is 1. The fourth-order valence-electron chi connectivity index (χ4n) is 3.31. The van der Waals surface area contributed by atoms with Gasteiger partial charge in [-0.05, 0) is 58.6 Å². The third-order valence-electron chi connectivity index (χ3n) is 4.75. The maximum Gasteiger partial charge on any atom is 0.348 e. The molecule has 0 unspecified atom stereocenters. The number of hydrogen-bond donors (Lipinski definition) is 2. The van der Waals surface area contributed by atoms with E-state index in [0.717, 1.165) is 46.4 Å². The fraction of sp³-hybridized carbons (Fsp3) is 0.478. The van der Waals surface area contributed by atoms with Crippen molar-refractivity contribution in [1.29, 1.82) is 0 Å². The maximum absolute atomic E-state index is 11.7. The Morgan fingerprint density at radius 3 is 2.70 bits per heavy atom. The molecule has 1 saturated carbocycles. The Morgan fingerprint density at radius 1 is 1.33 bits per heavy atom. The van der Waals surface area contributed by atoms with Gasteiger partial charge in [0.1, 0.15) is 10.6 Å². The predicted molar refractivity (Wildman–Crippen MR) is 130 cm³/mol. The van der Waals surface area contributed by atoms with Gasteiger partial charge in [0, 0.05) is 28.1 Å². The summed E-state index contributed by atoms with van der Waals surface area (Å²) in [5.74, 6) is 6.26. The van der Waals surface area contributed by atoms with E-state index in [1.54, 1.807) is 6.20 Å². The number of halogens is 1. The molecule has 3 rings (SSSR count). The summed E-state index contributed by atoms with van der Waals surface area (Å²) in [7, 11) is 0. The molecule has 1 aliphatic carbocycles. The number of aromatic nitrogens is 1. The summed E-state index contributed by atoms with van der Waals surface area (Å²) in [6.07, 6.45) is 5.72. The van der Waals surface area contributed by atoms with Crippen molar-refractivity contribution in [3.63, 3.8) is 0 Å². The number of hydrogen-bond acceptors (Lipinski definition) is 5. The average molecular weight is 538 g/mol.